The monoisotopic (exact) mass is 210 g/mol. The van der Waals surface area contributed by atoms with E-state index >= 15 is 0 Å². The van der Waals surface area contributed by atoms with Gasteiger partial charge in [-0.2, -0.15) is 0 Å². The third-order valence-corrected chi connectivity index (χ3v) is 3.31. The lowest BCUT2D eigenvalue weighted by molar-refractivity contribution is 0.190. The van der Waals surface area contributed by atoms with Crippen LogP contribution in [-0.2, 0) is 0 Å². The van der Waals surface area contributed by atoms with Gasteiger partial charge in [0.15, 0.2) is 0 Å². The number of carbonyl (C=O) groups excluding carboxylic acids is 1. The minimum Gasteiger partial charge on any atom is -0.386 e. The lowest BCUT2D eigenvalue weighted by Gasteiger charge is -2.31. The molecule has 5 heteroatoms. The molecule has 0 radical (unpaired) electrons. The van der Waals surface area contributed by atoms with Crippen LogP contribution in [0.3, 0.4) is 0 Å². The van der Waals surface area contributed by atoms with Gasteiger partial charge in [0.05, 0.1) is 6.04 Å². The number of nitrogens with zero attached hydrogens (tertiary/aromatic N) is 1. The van der Waals surface area contributed by atoms with Gasteiger partial charge in [0.2, 0.25) is 0 Å². The summed E-state index contributed by atoms with van der Waals surface area (Å²) in [6.45, 7) is 0.725. The Morgan fingerprint density at radius 1 is 1.33 bits per heavy atom. The van der Waals surface area contributed by atoms with Crippen LogP contribution < -0.4 is 11.1 Å². The Balaban J connectivity index is 1.90. The number of hydrogen-bond acceptors (Lipinski definition) is 2. The van der Waals surface area contributed by atoms with Crippen LogP contribution >= 0.6 is 0 Å². The zero-order valence-electron chi connectivity index (χ0n) is 8.83. The highest BCUT2D eigenvalue weighted by atomic mass is 16.2. The maximum Gasteiger partial charge on any atom is 0.318 e. The van der Waals surface area contributed by atoms with Crippen LogP contribution in [0.15, 0.2) is 0 Å². The second kappa shape index (κ2) is 4.08. The number of hydrogen-bond donors (Lipinski definition) is 3. The van der Waals surface area contributed by atoms with Gasteiger partial charge in [-0.25, -0.2) is 4.79 Å². The van der Waals surface area contributed by atoms with Crippen molar-refractivity contribution in [2.24, 2.45) is 5.73 Å². The van der Waals surface area contributed by atoms with Gasteiger partial charge in [0.1, 0.15) is 5.84 Å². The quantitative estimate of drug-likeness (QED) is 0.462. The molecule has 5 nitrogen and oxygen atoms in total. The second-order valence-electron chi connectivity index (χ2n) is 4.38. The van der Waals surface area contributed by atoms with E-state index in [4.69, 9.17) is 11.1 Å². The van der Waals surface area contributed by atoms with Crippen LogP contribution in [0.2, 0.25) is 0 Å². The van der Waals surface area contributed by atoms with Crippen LogP contribution in [0.1, 0.15) is 32.1 Å². The van der Waals surface area contributed by atoms with E-state index in [1.807, 2.05) is 0 Å². The van der Waals surface area contributed by atoms with Gasteiger partial charge in [-0.05, 0) is 32.1 Å². The molecule has 1 aliphatic carbocycles. The maximum atomic E-state index is 11.8. The van der Waals surface area contributed by atoms with Crippen molar-refractivity contribution in [2.45, 2.75) is 44.2 Å². The molecule has 1 aliphatic heterocycles. The molecule has 2 rings (SSSR count). The average molecular weight is 210 g/mol. The third-order valence-electron chi connectivity index (χ3n) is 3.31. The van der Waals surface area contributed by atoms with E-state index in [0.717, 1.165) is 32.2 Å². The minimum atomic E-state index is -0.176. The van der Waals surface area contributed by atoms with E-state index in [9.17, 15) is 4.79 Å². The molecule has 2 amide bonds. The molecule has 1 heterocycles. The SMILES string of the molecule is N=C(N)C1CCCN1C(=O)NC1CCC1. The molecule has 15 heavy (non-hydrogen) atoms. The van der Waals surface area contributed by atoms with Crippen LogP contribution in [0.5, 0.6) is 0 Å². The molecular weight excluding hydrogens is 192 g/mol. The first kappa shape index (κ1) is 10.3. The van der Waals surface area contributed by atoms with Crippen LogP contribution in [0, 0.1) is 5.41 Å². The first-order chi connectivity index (χ1) is 7.18. The predicted molar refractivity (Wildman–Crippen MR) is 57.8 cm³/mol. The normalized spacial score (nSPS) is 26.1. The molecule has 1 saturated carbocycles. The number of nitrogens with two attached hydrogens (primary N) is 1. The second-order valence-corrected chi connectivity index (χ2v) is 4.38. The van der Waals surface area contributed by atoms with Crippen molar-refractivity contribution >= 4 is 11.9 Å². The van der Waals surface area contributed by atoms with E-state index in [-0.39, 0.29) is 17.9 Å². The lowest BCUT2D eigenvalue weighted by Crippen LogP contribution is -2.51. The molecule has 1 saturated heterocycles. The highest BCUT2D eigenvalue weighted by Crippen LogP contribution is 2.21. The Morgan fingerprint density at radius 3 is 2.60 bits per heavy atom. The van der Waals surface area contributed by atoms with Crippen molar-refractivity contribution in [3.05, 3.63) is 0 Å². The van der Waals surface area contributed by atoms with Gasteiger partial charge >= 0.3 is 6.03 Å². The van der Waals surface area contributed by atoms with Crippen molar-refractivity contribution in [1.82, 2.24) is 10.2 Å². The van der Waals surface area contributed by atoms with Gasteiger partial charge in [0, 0.05) is 12.6 Å². The summed E-state index contributed by atoms with van der Waals surface area (Å²) in [7, 11) is 0. The van der Waals surface area contributed by atoms with Crippen LogP contribution in [0.4, 0.5) is 4.79 Å². The summed E-state index contributed by atoms with van der Waals surface area (Å²) >= 11 is 0. The predicted octanol–water partition coefficient (Wildman–Crippen LogP) is 0.649. The summed E-state index contributed by atoms with van der Waals surface area (Å²) in [6.07, 6.45) is 5.16. The summed E-state index contributed by atoms with van der Waals surface area (Å²) in [5.41, 5.74) is 5.46. The van der Waals surface area contributed by atoms with Gasteiger partial charge < -0.3 is 16.0 Å². The third kappa shape index (κ3) is 2.06. The molecule has 2 aliphatic rings. The van der Waals surface area contributed by atoms with E-state index in [2.05, 4.69) is 5.32 Å². The largest absolute Gasteiger partial charge is 0.386 e. The molecule has 0 bridgehead atoms. The Kier molecular flexibility index (Phi) is 2.79. The molecule has 0 aromatic heterocycles. The number of nitrogens with one attached hydrogen (secondary N) is 2. The topological polar surface area (TPSA) is 82.2 Å². The molecule has 4 N–H and O–H groups in total. The van der Waals surface area contributed by atoms with Crippen molar-refractivity contribution in [3.63, 3.8) is 0 Å². The molecule has 2 fully saturated rings. The number of urea groups is 1. The van der Waals surface area contributed by atoms with Crippen molar-refractivity contribution in [3.8, 4) is 0 Å². The maximum absolute atomic E-state index is 11.8. The summed E-state index contributed by atoms with van der Waals surface area (Å²) in [5.74, 6) is 0.108. The molecule has 0 aromatic carbocycles. The highest BCUT2D eigenvalue weighted by molar-refractivity contribution is 5.88. The van der Waals surface area contributed by atoms with Gasteiger partial charge in [-0.3, -0.25) is 5.41 Å². The summed E-state index contributed by atoms with van der Waals surface area (Å²) < 4.78 is 0. The Morgan fingerprint density at radius 2 is 2.07 bits per heavy atom. The van der Waals surface area contributed by atoms with E-state index in [1.165, 1.54) is 6.42 Å². The number of amidine groups is 1. The fourth-order valence-electron chi connectivity index (χ4n) is 2.14. The highest BCUT2D eigenvalue weighted by Gasteiger charge is 2.32. The molecule has 0 aromatic rings. The zero-order chi connectivity index (χ0) is 10.8. The number of carbonyl (C=O) groups is 1. The number of likely N-dealkylation sites (tertiary alicyclic amines) is 1. The van der Waals surface area contributed by atoms with Gasteiger partial charge in [0.25, 0.3) is 0 Å². The van der Waals surface area contributed by atoms with Crippen molar-refractivity contribution < 1.29 is 4.79 Å². The standard InChI is InChI=1S/C10H18N4O/c11-9(12)8-5-2-6-14(8)10(15)13-7-3-1-4-7/h7-8H,1-6H2,(H3,11,12)(H,13,15). The molecule has 1 atom stereocenters. The smallest absolute Gasteiger partial charge is 0.318 e. The Labute approximate surface area is 89.5 Å². The average Bonchev–Trinajstić information content (AvgIpc) is 2.59. The summed E-state index contributed by atoms with van der Waals surface area (Å²) in [4.78, 5) is 13.5. The van der Waals surface area contributed by atoms with E-state index in [1.54, 1.807) is 4.90 Å². The fraction of sp³-hybridized carbons (Fsp3) is 0.800. The number of amides is 2. The zero-order valence-corrected chi connectivity index (χ0v) is 8.83. The van der Waals surface area contributed by atoms with Crippen LogP contribution in [0.25, 0.3) is 0 Å². The van der Waals surface area contributed by atoms with Gasteiger partial charge in [-0.15, -0.1) is 0 Å². The van der Waals surface area contributed by atoms with E-state index in [0.29, 0.717) is 6.04 Å². The van der Waals surface area contributed by atoms with Gasteiger partial charge in [-0.1, -0.05) is 0 Å². The molecule has 0 spiro atoms. The first-order valence-electron chi connectivity index (χ1n) is 5.59. The van der Waals surface area contributed by atoms with Crippen LogP contribution in [-0.4, -0.2) is 35.4 Å². The summed E-state index contributed by atoms with van der Waals surface area (Å²) in [6, 6.07) is 0.133. The Hall–Kier alpha value is -1.26. The van der Waals surface area contributed by atoms with Crippen molar-refractivity contribution in [1.29, 1.82) is 5.41 Å². The molecule has 84 valence electrons. The number of rotatable bonds is 2. The molecule has 1 unspecified atom stereocenters. The summed E-state index contributed by atoms with van der Waals surface area (Å²) in [5, 5.41) is 10.4. The Bertz CT molecular complexity index is 275. The first-order valence-corrected chi connectivity index (χ1v) is 5.59. The molecular formula is C10H18N4O. The lowest BCUT2D eigenvalue weighted by atomic mass is 9.93. The van der Waals surface area contributed by atoms with Crippen molar-refractivity contribution in [2.75, 3.05) is 6.54 Å². The minimum absolute atomic E-state index is 0.0441. The van der Waals surface area contributed by atoms with E-state index < -0.39 is 0 Å². The fourth-order valence-corrected chi connectivity index (χ4v) is 2.14.